The largest absolute Gasteiger partial charge is 0.369 e. The number of rotatable bonds is 7. The van der Waals surface area contributed by atoms with Gasteiger partial charge in [-0.1, -0.05) is 24.8 Å². The van der Waals surface area contributed by atoms with Crippen molar-refractivity contribution in [1.82, 2.24) is 19.8 Å². The molecular weight excluding hydrogens is 492 g/mol. The number of hydrogen-bond donors (Lipinski definition) is 1. The van der Waals surface area contributed by atoms with E-state index < -0.39 is 0 Å². The number of carbonyl (C=O) groups excluding carboxylic acids is 2. The number of nitrogens with one attached hydrogen (secondary N) is 1. The minimum absolute atomic E-state index is 0.170. The molecule has 1 fully saturated rings. The number of hydrogen-bond acceptors (Lipinski definition) is 7. The van der Waals surface area contributed by atoms with Crippen molar-refractivity contribution in [3.05, 3.63) is 78.5 Å². The third kappa shape index (κ3) is 5.56. The molecule has 1 saturated heterocycles. The summed E-state index contributed by atoms with van der Waals surface area (Å²) in [5.41, 5.74) is 4.53. The first-order valence-electron chi connectivity index (χ1n) is 13.0. The van der Waals surface area contributed by atoms with Crippen molar-refractivity contribution >= 4 is 40.8 Å². The number of amides is 3. The average Bonchev–Trinajstić information content (AvgIpc) is 2.96. The molecule has 0 atom stereocenters. The first-order valence-corrected chi connectivity index (χ1v) is 13.0. The van der Waals surface area contributed by atoms with Gasteiger partial charge < -0.3 is 24.9 Å². The maximum atomic E-state index is 13.3. The summed E-state index contributed by atoms with van der Waals surface area (Å²) >= 11 is 0. The minimum atomic E-state index is -0.211. The van der Waals surface area contributed by atoms with Gasteiger partial charge in [0.25, 0.3) is 0 Å². The Balaban J connectivity index is 1.29. The summed E-state index contributed by atoms with van der Waals surface area (Å²) in [5.74, 6) is 0.802. The fourth-order valence-corrected chi connectivity index (χ4v) is 4.94. The van der Waals surface area contributed by atoms with Crippen LogP contribution in [0.1, 0.15) is 11.1 Å². The quantitative estimate of drug-likeness (QED) is 0.470. The number of carbonyl (C=O) groups is 2. The Kier molecular flexibility index (Phi) is 7.47. The van der Waals surface area contributed by atoms with Gasteiger partial charge in [-0.3, -0.25) is 9.69 Å². The van der Waals surface area contributed by atoms with Crippen LogP contribution in [0.2, 0.25) is 0 Å². The second-order valence-electron chi connectivity index (χ2n) is 9.93. The van der Waals surface area contributed by atoms with E-state index in [0.29, 0.717) is 24.9 Å². The molecule has 3 amide bonds. The molecular formula is C29H34N8O2. The molecule has 5 rings (SSSR count). The van der Waals surface area contributed by atoms with Crippen LogP contribution in [0.15, 0.2) is 67.4 Å². The predicted molar refractivity (Wildman–Crippen MR) is 155 cm³/mol. The molecule has 1 N–H and O–H groups in total. The summed E-state index contributed by atoms with van der Waals surface area (Å²) < 4.78 is 0. The van der Waals surface area contributed by atoms with Crippen molar-refractivity contribution in [2.45, 2.75) is 13.1 Å². The number of aromatic nitrogens is 2. The lowest BCUT2D eigenvalue weighted by molar-refractivity contribution is -0.113. The highest BCUT2D eigenvalue weighted by Gasteiger charge is 2.30. The third-order valence-corrected chi connectivity index (χ3v) is 7.29. The summed E-state index contributed by atoms with van der Waals surface area (Å²) in [5, 5.41) is 3.27. The highest BCUT2D eigenvalue weighted by atomic mass is 16.2. The molecule has 0 spiro atoms. The number of likely N-dealkylation sites (N-methyl/N-ethyl adjacent to an activating group) is 2. The topological polar surface area (TPSA) is 88.2 Å². The SMILES string of the molecule is C=CC(=O)N(C)c1ccccc1CN1Cc2cnc(Nc3ccc(N4CCN(C)CC4)cc3)nc2N(C)C1=O. The smallest absolute Gasteiger partial charge is 0.326 e. The van der Waals surface area contributed by atoms with Crippen LogP contribution in [-0.4, -0.2) is 79.0 Å². The van der Waals surface area contributed by atoms with Crippen LogP contribution in [0.3, 0.4) is 0 Å². The lowest BCUT2D eigenvalue weighted by Gasteiger charge is -2.35. The zero-order valence-electron chi connectivity index (χ0n) is 22.7. The van der Waals surface area contributed by atoms with E-state index in [0.717, 1.165) is 48.7 Å². The van der Waals surface area contributed by atoms with Gasteiger partial charge in [0.1, 0.15) is 5.82 Å². The van der Waals surface area contributed by atoms with Crippen LogP contribution in [0.25, 0.3) is 0 Å². The third-order valence-electron chi connectivity index (χ3n) is 7.29. The van der Waals surface area contributed by atoms with Crippen molar-refractivity contribution in [2.24, 2.45) is 0 Å². The van der Waals surface area contributed by atoms with E-state index in [1.807, 2.05) is 36.4 Å². The van der Waals surface area contributed by atoms with Gasteiger partial charge in [-0.25, -0.2) is 9.78 Å². The summed E-state index contributed by atoms with van der Waals surface area (Å²) in [6, 6.07) is 15.6. The maximum Gasteiger partial charge on any atom is 0.326 e. The summed E-state index contributed by atoms with van der Waals surface area (Å²) in [7, 11) is 5.57. The van der Waals surface area contributed by atoms with E-state index in [1.54, 1.807) is 30.1 Å². The Morgan fingerprint density at radius 2 is 1.79 bits per heavy atom. The Hall–Kier alpha value is -4.44. The zero-order valence-corrected chi connectivity index (χ0v) is 22.7. The molecule has 2 aliphatic rings. The Morgan fingerprint density at radius 1 is 1.08 bits per heavy atom. The molecule has 39 heavy (non-hydrogen) atoms. The van der Waals surface area contributed by atoms with E-state index >= 15 is 0 Å². The molecule has 10 heteroatoms. The fraction of sp³-hybridized carbons (Fsp3) is 0.310. The zero-order chi connectivity index (χ0) is 27.5. The summed E-state index contributed by atoms with van der Waals surface area (Å²) in [6.07, 6.45) is 3.04. The van der Waals surface area contributed by atoms with E-state index in [-0.39, 0.29) is 11.9 Å². The van der Waals surface area contributed by atoms with E-state index in [2.05, 4.69) is 50.8 Å². The van der Waals surface area contributed by atoms with Crippen molar-refractivity contribution < 1.29 is 9.59 Å². The molecule has 0 unspecified atom stereocenters. The molecule has 3 aromatic rings. The number of fused-ring (bicyclic) bond motifs is 1. The van der Waals surface area contributed by atoms with Gasteiger partial charge in [0.2, 0.25) is 11.9 Å². The first-order chi connectivity index (χ1) is 18.8. The predicted octanol–water partition coefficient (Wildman–Crippen LogP) is 3.69. The fourth-order valence-electron chi connectivity index (χ4n) is 4.94. The average molecular weight is 527 g/mol. The molecule has 0 radical (unpaired) electrons. The van der Waals surface area contributed by atoms with Crippen LogP contribution in [0, 0.1) is 0 Å². The number of piperazine rings is 1. The van der Waals surface area contributed by atoms with Crippen LogP contribution >= 0.6 is 0 Å². The Morgan fingerprint density at radius 3 is 2.51 bits per heavy atom. The highest BCUT2D eigenvalue weighted by Crippen LogP contribution is 2.30. The van der Waals surface area contributed by atoms with E-state index in [1.165, 1.54) is 16.7 Å². The van der Waals surface area contributed by atoms with Crippen LogP contribution in [0.5, 0.6) is 0 Å². The molecule has 0 aliphatic carbocycles. The molecule has 0 saturated carbocycles. The number of urea groups is 1. The molecule has 3 heterocycles. The number of anilines is 5. The summed E-state index contributed by atoms with van der Waals surface area (Å²) in [4.78, 5) is 44.2. The standard InChI is InChI=1S/C29H34N8O2/c1-5-26(38)34(3)25-9-7-6-8-21(25)19-37-20-22-18-30-28(32-27(22)35(4)29(37)39)31-23-10-12-24(13-11-23)36-16-14-33(2)15-17-36/h5-13,18H,1,14-17,19-20H2,2-4H3,(H,30,31,32). The van der Waals surface area contributed by atoms with Crippen LogP contribution < -0.4 is 20.0 Å². The van der Waals surface area contributed by atoms with Gasteiger partial charge in [0.15, 0.2) is 0 Å². The number of para-hydroxylation sites is 1. The number of nitrogens with zero attached hydrogens (tertiary/aromatic N) is 7. The second kappa shape index (κ2) is 11.1. The minimum Gasteiger partial charge on any atom is -0.369 e. The molecule has 10 nitrogen and oxygen atoms in total. The first kappa shape index (κ1) is 26.2. The highest BCUT2D eigenvalue weighted by molar-refractivity contribution is 6.01. The molecule has 2 aromatic carbocycles. The van der Waals surface area contributed by atoms with Crippen molar-refractivity contribution in [3.63, 3.8) is 0 Å². The Labute approximate surface area is 229 Å². The van der Waals surface area contributed by atoms with Gasteiger partial charge in [-0.05, 0) is 49.0 Å². The molecule has 1 aromatic heterocycles. The molecule has 2 aliphatic heterocycles. The van der Waals surface area contributed by atoms with Gasteiger partial charge in [0.05, 0.1) is 6.54 Å². The normalized spacial score (nSPS) is 15.7. The maximum absolute atomic E-state index is 13.3. The van der Waals surface area contributed by atoms with Gasteiger partial charge in [-0.15, -0.1) is 0 Å². The van der Waals surface area contributed by atoms with E-state index in [9.17, 15) is 9.59 Å². The van der Waals surface area contributed by atoms with Crippen molar-refractivity contribution in [1.29, 1.82) is 0 Å². The van der Waals surface area contributed by atoms with E-state index in [4.69, 9.17) is 0 Å². The lowest BCUT2D eigenvalue weighted by Crippen LogP contribution is -2.45. The van der Waals surface area contributed by atoms with Gasteiger partial charge >= 0.3 is 6.03 Å². The number of benzene rings is 2. The van der Waals surface area contributed by atoms with Gasteiger partial charge in [0, 0.05) is 75.6 Å². The van der Waals surface area contributed by atoms with Crippen molar-refractivity contribution in [3.8, 4) is 0 Å². The summed E-state index contributed by atoms with van der Waals surface area (Å²) in [6.45, 7) is 8.44. The monoisotopic (exact) mass is 526 g/mol. The lowest BCUT2D eigenvalue weighted by atomic mass is 10.1. The second-order valence-corrected chi connectivity index (χ2v) is 9.93. The van der Waals surface area contributed by atoms with Gasteiger partial charge in [-0.2, -0.15) is 4.98 Å². The molecule has 0 bridgehead atoms. The van der Waals surface area contributed by atoms with Crippen LogP contribution in [0.4, 0.5) is 33.6 Å². The Bertz CT molecular complexity index is 1370. The molecule has 202 valence electrons. The van der Waals surface area contributed by atoms with Crippen molar-refractivity contribution in [2.75, 3.05) is 67.3 Å². The van der Waals surface area contributed by atoms with Crippen LogP contribution in [-0.2, 0) is 17.9 Å².